The summed E-state index contributed by atoms with van der Waals surface area (Å²) in [6.45, 7) is 1.78. The second kappa shape index (κ2) is 5.31. The molecule has 15 heavy (non-hydrogen) atoms. The molecule has 1 aromatic heterocycles. The monoisotopic (exact) mass is 209 g/mol. The van der Waals surface area contributed by atoms with Gasteiger partial charge in [0, 0.05) is 6.20 Å². The number of carbonyl (C=O) groups is 1. The first kappa shape index (κ1) is 11.5. The fourth-order valence-electron chi connectivity index (χ4n) is 1.02. The lowest BCUT2D eigenvalue weighted by molar-refractivity contribution is -0.117. The Morgan fingerprint density at radius 3 is 2.93 bits per heavy atom. The number of ether oxygens (including phenoxy) is 1. The number of likely N-dealkylation sites (N-methyl/N-ethyl adjacent to an activating group) is 1. The minimum Gasteiger partial charge on any atom is -0.480 e. The van der Waals surface area contributed by atoms with Crippen molar-refractivity contribution in [3.05, 3.63) is 18.3 Å². The first-order valence-electron chi connectivity index (χ1n) is 4.66. The summed E-state index contributed by atoms with van der Waals surface area (Å²) in [6, 6.07) is 3.23. The molecule has 5 nitrogen and oxygen atoms in total. The third-order valence-electron chi connectivity index (χ3n) is 2.05. The molecular weight excluding hydrogens is 194 g/mol. The van der Waals surface area contributed by atoms with Gasteiger partial charge in [-0.3, -0.25) is 4.79 Å². The van der Waals surface area contributed by atoms with E-state index in [-0.39, 0.29) is 11.9 Å². The normalized spacial score (nSPS) is 11.9. The predicted molar refractivity (Wildman–Crippen MR) is 57.9 cm³/mol. The van der Waals surface area contributed by atoms with Crippen molar-refractivity contribution >= 4 is 11.6 Å². The van der Waals surface area contributed by atoms with Crippen molar-refractivity contribution in [1.29, 1.82) is 0 Å². The highest BCUT2D eigenvalue weighted by Gasteiger charge is 2.12. The minimum atomic E-state index is -0.255. The summed E-state index contributed by atoms with van der Waals surface area (Å²) in [5.41, 5.74) is 0.576. The smallest absolute Gasteiger partial charge is 0.241 e. The lowest BCUT2D eigenvalue weighted by Crippen LogP contribution is -2.35. The van der Waals surface area contributed by atoms with Crippen molar-refractivity contribution in [3.63, 3.8) is 0 Å². The second-order valence-corrected chi connectivity index (χ2v) is 3.06. The fraction of sp³-hybridized carbons (Fsp3) is 0.400. The Morgan fingerprint density at radius 2 is 2.33 bits per heavy atom. The Hall–Kier alpha value is -1.62. The van der Waals surface area contributed by atoms with Crippen LogP contribution in [0.5, 0.6) is 5.88 Å². The highest BCUT2D eigenvalue weighted by atomic mass is 16.5. The molecule has 1 rings (SSSR count). The molecule has 0 aliphatic carbocycles. The zero-order valence-corrected chi connectivity index (χ0v) is 9.07. The summed E-state index contributed by atoms with van der Waals surface area (Å²) in [7, 11) is 3.24. The van der Waals surface area contributed by atoms with Crippen molar-refractivity contribution in [1.82, 2.24) is 10.3 Å². The molecule has 1 amide bonds. The molecule has 0 spiro atoms. The van der Waals surface area contributed by atoms with Gasteiger partial charge in [-0.1, -0.05) is 0 Å². The first-order valence-corrected chi connectivity index (χ1v) is 4.66. The highest BCUT2D eigenvalue weighted by molar-refractivity contribution is 5.95. The quantitative estimate of drug-likeness (QED) is 0.763. The number of rotatable bonds is 4. The standard InChI is InChI=1S/C10H15N3O2/c1-7(11-2)9(14)13-8-5-4-6-12-10(8)15-3/h4-7,11H,1-3H3,(H,13,14). The summed E-state index contributed by atoms with van der Waals surface area (Å²) in [5, 5.41) is 5.57. The van der Waals surface area contributed by atoms with E-state index in [4.69, 9.17) is 4.74 Å². The maximum absolute atomic E-state index is 11.6. The average Bonchev–Trinajstić information content (AvgIpc) is 2.28. The van der Waals surface area contributed by atoms with Gasteiger partial charge in [-0.15, -0.1) is 0 Å². The number of hydrogen-bond donors (Lipinski definition) is 2. The van der Waals surface area contributed by atoms with Gasteiger partial charge >= 0.3 is 0 Å². The van der Waals surface area contributed by atoms with Gasteiger partial charge in [0.25, 0.3) is 0 Å². The Labute approximate surface area is 88.9 Å². The molecule has 0 saturated carbocycles. The number of nitrogens with zero attached hydrogens (tertiary/aromatic N) is 1. The molecule has 0 radical (unpaired) electrons. The molecule has 5 heteroatoms. The van der Waals surface area contributed by atoms with Gasteiger partial charge in [0.2, 0.25) is 11.8 Å². The van der Waals surface area contributed by atoms with Crippen LogP contribution in [0.25, 0.3) is 0 Å². The molecule has 0 aromatic carbocycles. The van der Waals surface area contributed by atoms with Crippen LogP contribution in [0.4, 0.5) is 5.69 Å². The Bertz CT molecular complexity index is 341. The number of anilines is 1. The van der Waals surface area contributed by atoms with Gasteiger partial charge in [0.15, 0.2) is 0 Å². The Morgan fingerprint density at radius 1 is 1.60 bits per heavy atom. The Kier molecular flexibility index (Phi) is 4.05. The number of aromatic nitrogens is 1. The zero-order chi connectivity index (χ0) is 11.3. The number of amides is 1. The van der Waals surface area contributed by atoms with Crippen LogP contribution in [0, 0.1) is 0 Å². The van der Waals surface area contributed by atoms with Crippen LogP contribution in [0.3, 0.4) is 0 Å². The number of nitrogens with one attached hydrogen (secondary N) is 2. The topological polar surface area (TPSA) is 63.2 Å². The molecule has 1 unspecified atom stereocenters. The van der Waals surface area contributed by atoms with Crippen molar-refractivity contribution < 1.29 is 9.53 Å². The molecule has 1 heterocycles. The number of carbonyl (C=O) groups excluding carboxylic acids is 1. The largest absolute Gasteiger partial charge is 0.480 e. The number of pyridine rings is 1. The predicted octanol–water partition coefficient (Wildman–Crippen LogP) is 0.637. The van der Waals surface area contributed by atoms with E-state index in [2.05, 4.69) is 15.6 Å². The van der Waals surface area contributed by atoms with Crippen molar-refractivity contribution in [3.8, 4) is 5.88 Å². The summed E-state index contributed by atoms with van der Waals surface area (Å²) in [4.78, 5) is 15.5. The van der Waals surface area contributed by atoms with Crippen molar-refractivity contribution in [2.45, 2.75) is 13.0 Å². The van der Waals surface area contributed by atoms with Crippen LogP contribution in [0.15, 0.2) is 18.3 Å². The molecular formula is C10H15N3O2. The third-order valence-corrected chi connectivity index (χ3v) is 2.05. The number of hydrogen-bond acceptors (Lipinski definition) is 4. The van der Waals surface area contributed by atoms with E-state index in [0.29, 0.717) is 11.6 Å². The summed E-state index contributed by atoms with van der Waals surface area (Å²) < 4.78 is 5.01. The summed E-state index contributed by atoms with van der Waals surface area (Å²) in [5.74, 6) is 0.290. The first-order chi connectivity index (χ1) is 7.19. The molecule has 0 saturated heterocycles. The summed E-state index contributed by atoms with van der Waals surface area (Å²) >= 11 is 0. The maximum Gasteiger partial charge on any atom is 0.241 e. The minimum absolute atomic E-state index is 0.121. The van der Waals surface area contributed by atoms with Crippen LogP contribution >= 0.6 is 0 Å². The molecule has 0 aliphatic heterocycles. The third kappa shape index (κ3) is 2.92. The van der Waals surface area contributed by atoms with E-state index >= 15 is 0 Å². The van der Waals surface area contributed by atoms with Crippen LogP contribution < -0.4 is 15.4 Å². The number of methoxy groups -OCH3 is 1. The van der Waals surface area contributed by atoms with Gasteiger partial charge in [-0.2, -0.15) is 0 Å². The van der Waals surface area contributed by atoms with Gasteiger partial charge in [-0.25, -0.2) is 4.98 Å². The van der Waals surface area contributed by atoms with E-state index < -0.39 is 0 Å². The Balaban J connectivity index is 2.76. The lowest BCUT2D eigenvalue weighted by atomic mass is 10.3. The van der Waals surface area contributed by atoms with Gasteiger partial charge in [-0.05, 0) is 26.1 Å². The van der Waals surface area contributed by atoms with E-state index in [1.807, 2.05) is 0 Å². The van der Waals surface area contributed by atoms with E-state index in [1.54, 1.807) is 32.3 Å². The van der Waals surface area contributed by atoms with Gasteiger partial charge in [0.1, 0.15) is 5.69 Å². The van der Waals surface area contributed by atoms with Gasteiger partial charge < -0.3 is 15.4 Å². The zero-order valence-electron chi connectivity index (χ0n) is 9.07. The SMILES string of the molecule is CNC(C)C(=O)Nc1cccnc1OC. The average molecular weight is 209 g/mol. The van der Waals surface area contributed by atoms with Crippen LogP contribution in [0.2, 0.25) is 0 Å². The van der Waals surface area contributed by atoms with Crippen molar-refractivity contribution in [2.24, 2.45) is 0 Å². The van der Waals surface area contributed by atoms with Gasteiger partial charge in [0.05, 0.1) is 13.2 Å². The fourth-order valence-corrected chi connectivity index (χ4v) is 1.02. The lowest BCUT2D eigenvalue weighted by Gasteiger charge is -2.12. The molecule has 2 N–H and O–H groups in total. The molecule has 1 aromatic rings. The molecule has 0 bridgehead atoms. The highest BCUT2D eigenvalue weighted by Crippen LogP contribution is 2.19. The van der Waals surface area contributed by atoms with E-state index in [1.165, 1.54) is 7.11 Å². The van der Waals surface area contributed by atoms with Crippen LogP contribution in [-0.4, -0.2) is 31.1 Å². The van der Waals surface area contributed by atoms with Crippen LogP contribution in [-0.2, 0) is 4.79 Å². The second-order valence-electron chi connectivity index (χ2n) is 3.06. The molecule has 0 fully saturated rings. The maximum atomic E-state index is 11.6. The molecule has 82 valence electrons. The molecule has 1 atom stereocenters. The van der Waals surface area contributed by atoms with E-state index in [9.17, 15) is 4.79 Å². The van der Waals surface area contributed by atoms with Crippen LogP contribution in [0.1, 0.15) is 6.92 Å². The summed E-state index contributed by atoms with van der Waals surface area (Å²) in [6.07, 6.45) is 1.61. The molecule has 0 aliphatic rings. The van der Waals surface area contributed by atoms with E-state index in [0.717, 1.165) is 0 Å². The van der Waals surface area contributed by atoms with Crippen molar-refractivity contribution in [2.75, 3.05) is 19.5 Å².